The molecule has 3 aromatic carbocycles. The third-order valence-corrected chi connectivity index (χ3v) is 6.79. The summed E-state index contributed by atoms with van der Waals surface area (Å²) in [6, 6.07) is 22.7. The summed E-state index contributed by atoms with van der Waals surface area (Å²) in [6.07, 6.45) is 2.61. The Morgan fingerprint density at radius 2 is 1.65 bits per heavy atom. The van der Waals surface area contributed by atoms with E-state index in [1.54, 1.807) is 23.2 Å². The van der Waals surface area contributed by atoms with Gasteiger partial charge in [0.1, 0.15) is 0 Å². The van der Waals surface area contributed by atoms with Gasteiger partial charge >= 0.3 is 0 Å². The molecular formula is C33H37N5O2. The number of carbonyl (C=O) groups is 2. The zero-order valence-corrected chi connectivity index (χ0v) is 24.1. The number of carbonyl (C=O) groups excluding carboxylic acids is 2. The van der Waals surface area contributed by atoms with Gasteiger partial charge in [-0.2, -0.15) is 0 Å². The van der Waals surface area contributed by atoms with Crippen LogP contribution < -0.4 is 10.6 Å². The summed E-state index contributed by atoms with van der Waals surface area (Å²) in [6.45, 7) is 11.0. The van der Waals surface area contributed by atoms with Gasteiger partial charge in [0.2, 0.25) is 5.95 Å². The van der Waals surface area contributed by atoms with Gasteiger partial charge in [-0.15, -0.1) is 0 Å². The summed E-state index contributed by atoms with van der Waals surface area (Å²) in [5.41, 5.74) is 6.19. The van der Waals surface area contributed by atoms with Gasteiger partial charge < -0.3 is 15.5 Å². The van der Waals surface area contributed by atoms with Crippen LogP contribution in [0.1, 0.15) is 66.0 Å². The van der Waals surface area contributed by atoms with Crippen molar-refractivity contribution >= 4 is 29.1 Å². The molecule has 1 heterocycles. The number of anilines is 3. The zero-order valence-electron chi connectivity index (χ0n) is 24.1. The summed E-state index contributed by atoms with van der Waals surface area (Å²) in [7, 11) is 1.81. The average molecular weight is 536 g/mol. The number of nitrogens with one attached hydrogen (secondary N) is 2. The van der Waals surface area contributed by atoms with Gasteiger partial charge in [0, 0.05) is 47.9 Å². The first-order valence-electron chi connectivity index (χ1n) is 13.5. The lowest BCUT2D eigenvalue weighted by Gasteiger charge is -2.22. The molecule has 40 heavy (non-hydrogen) atoms. The molecule has 7 heteroatoms. The number of aromatic nitrogens is 2. The Morgan fingerprint density at radius 1 is 0.925 bits per heavy atom. The molecular weight excluding hydrogens is 498 g/mol. The van der Waals surface area contributed by atoms with Crippen molar-refractivity contribution in [2.75, 3.05) is 24.2 Å². The molecule has 2 N–H and O–H groups in total. The number of rotatable bonds is 8. The van der Waals surface area contributed by atoms with Crippen LogP contribution in [0.4, 0.5) is 17.3 Å². The van der Waals surface area contributed by atoms with Crippen molar-refractivity contribution in [3.05, 3.63) is 101 Å². The summed E-state index contributed by atoms with van der Waals surface area (Å²) in [5, 5.41) is 6.33. The van der Waals surface area contributed by atoms with Crippen molar-refractivity contribution in [3.63, 3.8) is 0 Å². The largest absolute Gasteiger partial charge is 0.342 e. The van der Waals surface area contributed by atoms with E-state index in [4.69, 9.17) is 4.98 Å². The van der Waals surface area contributed by atoms with Crippen LogP contribution in [-0.2, 0) is 5.41 Å². The number of hydrogen-bond acceptors (Lipinski definition) is 5. The lowest BCUT2D eigenvalue weighted by molar-refractivity contribution is 0.0795. The van der Waals surface area contributed by atoms with Crippen LogP contribution in [0.2, 0.25) is 0 Å². The molecule has 7 nitrogen and oxygen atoms in total. The molecule has 0 saturated heterocycles. The molecule has 0 aliphatic carbocycles. The molecule has 4 aromatic rings. The Hall–Kier alpha value is -4.52. The van der Waals surface area contributed by atoms with Crippen LogP contribution in [0.15, 0.2) is 79.0 Å². The van der Waals surface area contributed by atoms with Crippen LogP contribution in [0, 0.1) is 6.92 Å². The second-order valence-corrected chi connectivity index (χ2v) is 10.9. The first-order valence-corrected chi connectivity index (χ1v) is 13.5. The highest BCUT2D eigenvalue weighted by molar-refractivity contribution is 6.06. The molecule has 0 spiro atoms. The summed E-state index contributed by atoms with van der Waals surface area (Å²) < 4.78 is 0. The molecule has 0 atom stereocenters. The van der Waals surface area contributed by atoms with E-state index in [0.29, 0.717) is 23.6 Å². The van der Waals surface area contributed by atoms with Crippen LogP contribution in [0.25, 0.3) is 11.3 Å². The Balaban J connectivity index is 1.53. The average Bonchev–Trinajstić information content (AvgIpc) is 2.94. The minimum atomic E-state index is -0.156. The van der Waals surface area contributed by atoms with Crippen molar-refractivity contribution in [2.24, 2.45) is 0 Å². The second kappa shape index (κ2) is 12.1. The predicted octanol–water partition coefficient (Wildman–Crippen LogP) is 7.23. The summed E-state index contributed by atoms with van der Waals surface area (Å²) in [4.78, 5) is 36.7. The predicted molar refractivity (Wildman–Crippen MR) is 162 cm³/mol. The Kier molecular flexibility index (Phi) is 8.63. The molecule has 0 fully saturated rings. The van der Waals surface area contributed by atoms with Crippen LogP contribution >= 0.6 is 0 Å². The molecule has 0 aliphatic heterocycles. The third-order valence-electron chi connectivity index (χ3n) is 6.79. The highest BCUT2D eigenvalue weighted by atomic mass is 16.2. The maximum absolute atomic E-state index is 13.3. The first kappa shape index (κ1) is 28.5. The number of hydrogen-bond donors (Lipinski definition) is 2. The molecule has 0 saturated carbocycles. The van der Waals surface area contributed by atoms with E-state index in [1.165, 1.54) is 0 Å². The van der Waals surface area contributed by atoms with Crippen molar-refractivity contribution in [1.29, 1.82) is 0 Å². The molecule has 206 valence electrons. The Morgan fingerprint density at radius 3 is 2.35 bits per heavy atom. The monoisotopic (exact) mass is 535 g/mol. The normalized spacial score (nSPS) is 11.2. The van der Waals surface area contributed by atoms with E-state index in [2.05, 4.69) is 36.4 Å². The minimum absolute atomic E-state index is 0.00371. The number of nitrogens with zero attached hydrogens (tertiary/aromatic N) is 3. The number of benzene rings is 3. The lowest BCUT2D eigenvalue weighted by Crippen LogP contribution is -2.27. The SMILES string of the molecule is CCCN(C)C(=O)c1ccc(Nc2nccc(-c3cccc(NC(=O)c4ccccc4C(C)(C)C)c3C)n2)cc1. The van der Waals surface area contributed by atoms with Crippen molar-refractivity contribution in [1.82, 2.24) is 14.9 Å². The Bertz CT molecular complexity index is 1510. The molecule has 0 unspecified atom stereocenters. The minimum Gasteiger partial charge on any atom is -0.342 e. The highest BCUT2D eigenvalue weighted by Gasteiger charge is 2.22. The standard InChI is InChI=1S/C33H37N5O2/c1-7-21-38(6)31(40)23-15-17-24(18-16-23)35-32-34-20-19-29(37-32)25-12-10-14-28(22(25)2)36-30(39)26-11-8-9-13-27(26)33(3,4)5/h8-20H,7,21H2,1-6H3,(H,36,39)(H,34,35,37). The van der Waals surface area contributed by atoms with Crippen LogP contribution in [-0.4, -0.2) is 40.3 Å². The van der Waals surface area contributed by atoms with Crippen molar-refractivity contribution in [3.8, 4) is 11.3 Å². The van der Waals surface area contributed by atoms with Crippen molar-refractivity contribution in [2.45, 2.75) is 46.5 Å². The van der Waals surface area contributed by atoms with E-state index >= 15 is 0 Å². The maximum atomic E-state index is 13.3. The van der Waals surface area contributed by atoms with Crippen molar-refractivity contribution < 1.29 is 9.59 Å². The van der Waals surface area contributed by atoms with E-state index in [1.807, 2.05) is 81.6 Å². The molecule has 0 radical (unpaired) electrons. The fourth-order valence-electron chi connectivity index (χ4n) is 4.62. The molecule has 0 aliphatic rings. The van der Waals surface area contributed by atoms with Gasteiger partial charge in [0.25, 0.3) is 11.8 Å². The van der Waals surface area contributed by atoms with E-state index in [-0.39, 0.29) is 17.2 Å². The fraction of sp³-hybridized carbons (Fsp3) is 0.273. The van der Waals surface area contributed by atoms with E-state index in [0.717, 1.165) is 40.2 Å². The quantitative estimate of drug-likeness (QED) is 0.249. The van der Waals surface area contributed by atoms with Gasteiger partial charge in [-0.1, -0.05) is 58.0 Å². The van der Waals surface area contributed by atoms with E-state index < -0.39 is 0 Å². The summed E-state index contributed by atoms with van der Waals surface area (Å²) in [5.74, 6) is 0.294. The highest BCUT2D eigenvalue weighted by Crippen LogP contribution is 2.30. The van der Waals surface area contributed by atoms with Gasteiger partial charge in [-0.25, -0.2) is 9.97 Å². The topological polar surface area (TPSA) is 87.2 Å². The molecule has 4 rings (SSSR count). The first-order chi connectivity index (χ1) is 19.1. The molecule has 1 aromatic heterocycles. The summed E-state index contributed by atoms with van der Waals surface area (Å²) >= 11 is 0. The van der Waals surface area contributed by atoms with E-state index in [9.17, 15) is 9.59 Å². The molecule has 0 bridgehead atoms. The smallest absolute Gasteiger partial charge is 0.255 e. The van der Waals surface area contributed by atoms with Crippen LogP contribution in [0.5, 0.6) is 0 Å². The zero-order chi connectivity index (χ0) is 28.9. The van der Waals surface area contributed by atoms with Gasteiger partial charge in [-0.3, -0.25) is 9.59 Å². The number of amides is 2. The maximum Gasteiger partial charge on any atom is 0.255 e. The lowest BCUT2D eigenvalue weighted by atomic mass is 9.83. The Labute approximate surface area is 236 Å². The van der Waals surface area contributed by atoms with Gasteiger partial charge in [0.05, 0.1) is 5.69 Å². The van der Waals surface area contributed by atoms with Crippen LogP contribution in [0.3, 0.4) is 0 Å². The van der Waals surface area contributed by atoms with Gasteiger partial charge in [0.15, 0.2) is 0 Å². The van der Waals surface area contributed by atoms with Gasteiger partial charge in [-0.05, 0) is 72.4 Å². The fourth-order valence-corrected chi connectivity index (χ4v) is 4.62. The third kappa shape index (κ3) is 6.54. The second-order valence-electron chi connectivity index (χ2n) is 10.9. The molecule has 2 amide bonds.